The molecule has 0 amide bonds. The average Bonchev–Trinajstić information content (AvgIpc) is 2.98. The highest BCUT2D eigenvalue weighted by Crippen LogP contribution is 2.29. The molecule has 0 unspecified atom stereocenters. The van der Waals surface area contributed by atoms with Crippen molar-refractivity contribution in [3.05, 3.63) is 52.9 Å². The van der Waals surface area contributed by atoms with Crippen LogP contribution >= 0.6 is 0 Å². The second kappa shape index (κ2) is 4.96. The maximum Gasteiger partial charge on any atom is 0.220 e. The molecule has 2 aromatic carbocycles. The van der Waals surface area contributed by atoms with E-state index >= 15 is 0 Å². The molecule has 0 bridgehead atoms. The number of benzene rings is 2. The van der Waals surface area contributed by atoms with Crippen molar-refractivity contribution in [3.63, 3.8) is 0 Å². The molecule has 1 aliphatic carbocycles. The van der Waals surface area contributed by atoms with Crippen LogP contribution in [0.5, 0.6) is 0 Å². The first-order chi connectivity index (χ1) is 11.1. The van der Waals surface area contributed by atoms with Gasteiger partial charge in [-0.15, -0.1) is 0 Å². The van der Waals surface area contributed by atoms with E-state index in [-0.39, 0.29) is 5.03 Å². The van der Waals surface area contributed by atoms with Crippen LogP contribution < -0.4 is 16.2 Å². The van der Waals surface area contributed by atoms with E-state index in [2.05, 4.69) is 16.3 Å². The molecule has 5 nitrogen and oxygen atoms in total. The van der Waals surface area contributed by atoms with Crippen LogP contribution in [0.15, 0.2) is 47.5 Å². The van der Waals surface area contributed by atoms with E-state index in [1.165, 1.54) is 0 Å². The molecule has 0 radical (unpaired) electrons. The van der Waals surface area contributed by atoms with Crippen molar-refractivity contribution in [2.75, 3.05) is 5.73 Å². The van der Waals surface area contributed by atoms with Gasteiger partial charge in [0, 0.05) is 11.1 Å². The Morgan fingerprint density at radius 2 is 1.96 bits per heavy atom. The minimum Gasteiger partial charge on any atom is -0.399 e. The topological polar surface area (TPSA) is 88.8 Å². The molecule has 0 aliphatic heterocycles. The first kappa shape index (κ1) is 14.0. The molecule has 23 heavy (non-hydrogen) atoms. The number of hydrogen-bond donors (Lipinski definition) is 2. The molecule has 0 fully saturated rings. The lowest BCUT2D eigenvalue weighted by Crippen LogP contribution is -2.31. The maximum atomic E-state index is 13.2. The third-order valence-corrected chi connectivity index (χ3v) is 6.05. The van der Waals surface area contributed by atoms with Gasteiger partial charge in [-0.25, -0.2) is 8.42 Å². The van der Waals surface area contributed by atoms with Crippen LogP contribution in [-0.4, -0.2) is 18.6 Å². The van der Waals surface area contributed by atoms with Crippen molar-refractivity contribution < 1.29 is 8.42 Å². The number of H-pyrrole nitrogens is 1. The van der Waals surface area contributed by atoms with Gasteiger partial charge < -0.3 is 5.73 Å². The number of nitrogens with two attached hydrogens (primary N) is 1. The molecule has 116 valence electrons. The summed E-state index contributed by atoms with van der Waals surface area (Å²) in [6.45, 7) is 0. The predicted octanol–water partition coefficient (Wildman–Crippen LogP) is 1.30. The Labute approximate surface area is 133 Å². The zero-order valence-corrected chi connectivity index (χ0v) is 13.1. The summed E-state index contributed by atoms with van der Waals surface area (Å²) in [6.07, 6.45) is 3.26. The minimum absolute atomic E-state index is 0.117. The Kier molecular flexibility index (Phi) is 3.02. The standard InChI is InChI=1S/C17H15N3O2S/c18-12-8-9-15-14(10-12)17(20-19-15)23(21,22)16-7-3-5-11-4-1-2-6-13(11)16/h1-2,4-6,8-10H,3,7,18H2,(H,19,20). The number of sulfone groups is 1. The monoisotopic (exact) mass is 325 g/mol. The molecule has 6 heteroatoms. The van der Waals surface area contributed by atoms with Gasteiger partial charge in [0.15, 0.2) is 5.03 Å². The first-order valence-corrected chi connectivity index (χ1v) is 8.83. The lowest BCUT2D eigenvalue weighted by Gasteiger charge is -2.11. The average molecular weight is 325 g/mol. The first-order valence-electron chi connectivity index (χ1n) is 7.34. The van der Waals surface area contributed by atoms with Gasteiger partial charge in [-0.3, -0.25) is 5.10 Å². The van der Waals surface area contributed by atoms with Gasteiger partial charge in [-0.1, -0.05) is 30.3 Å². The number of nitrogen functional groups attached to an aromatic ring is 1. The van der Waals surface area contributed by atoms with Crippen molar-refractivity contribution >= 4 is 37.4 Å². The van der Waals surface area contributed by atoms with E-state index in [0.29, 0.717) is 34.3 Å². The molecule has 1 aromatic heterocycles. The number of aromatic nitrogens is 2. The number of nitrogens with zero attached hydrogens (tertiary/aromatic N) is 1. The van der Waals surface area contributed by atoms with E-state index in [1.54, 1.807) is 18.2 Å². The fourth-order valence-electron chi connectivity index (χ4n) is 3.03. The molecule has 0 saturated heterocycles. The quantitative estimate of drug-likeness (QED) is 0.695. The molecule has 1 heterocycles. The number of rotatable bonds is 2. The minimum atomic E-state index is -3.65. The van der Waals surface area contributed by atoms with Gasteiger partial charge in [0.05, 0.1) is 10.4 Å². The number of nitrogens with one attached hydrogen (secondary N) is 1. The highest BCUT2D eigenvalue weighted by Gasteiger charge is 2.26. The van der Waals surface area contributed by atoms with Crippen molar-refractivity contribution in [1.29, 1.82) is 0 Å². The molecule has 4 rings (SSSR count). The van der Waals surface area contributed by atoms with E-state index < -0.39 is 9.84 Å². The number of aromatic amines is 1. The Morgan fingerprint density at radius 1 is 1.13 bits per heavy atom. The van der Waals surface area contributed by atoms with Gasteiger partial charge in [0.1, 0.15) is 0 Å². The van der Waals surface area contributed by atoms with Gasteiger partial charge in [-0.2, -0.15) is 5.10 Å². The Balaban J connectivity index is 2.05. The molecular weight excluding hydrogens is 310 g/mol. The Bertz CT molecular complexity index is 1140. The number of fused-ring (bicyclic) bond motifs is 2. The van der Waals surface area contributed by atoms with Crippen LogP contribution in [0.1, 0.15) is 12.8 Å². The fraction of sp³-hybridized carbons (Fsp3) is 0.118. The lowest BCUT2D eigenvalue weighted by atomic mass is 10.1. The zero-order chi connectivity index (χ0) is 16.0. The van der Waals surface area contributed by atoms with Crippen molar-refractivity contribution in [3.8, 4) is 0 Å². The van der Waals surface area contributed by atoms with E-state index in [1.807, 2.05) is 24.3 Å². The smallest absolute Gasteiger partial charge is 0.220 e. The van der Waals surface area contributed by atoms with Gasteiger partial charge >= 0.3 is 0 Å². The molecule has 0 saturated carbocycles. The molecular formula is C17H15N3O2S. The number of hydrogen-bond acceptors (Lipinski definition) is 4. The van der Waals surface area contributed by atoms with Crippen LogP contribution in [0.2, 0.25) is 0 Å². The number of anilines is 1. The predicted molar refractivity (Wildman–Crippen MR) is 90.5 cm³/mol. The second-order valence-electron chi connectivity index (χ2n) is 5.59. The summed E-state index contributed by atoms with van der Waals surface area (Å²) in [5.74, 6) is 0. The van der Waals surface area contributed by atoms with Crippen molar-refractivity contribution in [2.24, 2.45) is 0 Å². The summed E-state index contributed by atoms with van der Waals surface area (Å²) in [6, 6.07) is 12.6. The highest BCUT2D eigenvalue weighted by molar-refractivity contribution is 8.00. The Morgan fingerprint density at radius 3 is 2.83 bits per heavy atom. The summed E-state index contributed by atoms with van der Waals surface area (Å²) in [4.78, 5) is 0.434. The molecule has 0 spiro atoms. The molecule has 1 aliphatic rings. The Hall–Kier alpha value is -2.60. The van der Waals surface area contributed by atoms with E-state index in [0.717, 1.165) is 10.4 Å². The third-order valence-electron chi connectivity index (χ3n) is 4.13. The van der Waals surface area contributed by atoms with Crippen molar-refractivity contribution in [2.45, 2.75) is 17.9 Å². The van der Waals surface area contributed by atoms with Crippen molar-refractivity contribution in [1.82, 2.24) is 10.2 Å². The SMILES string of the molecule is Nc1ccc2n[nH]c(S(=O)(=O)C3=c4ccccc4=CCC3)c2c1. The third kappa shape index (κ3) is 2.14. The largest absolute Gasteiger partial charge is 0.399 e. The van der Waals surface area contributed by atoms with Crippen LogP contribution in [0, 0.1) is 0 Å². The van der Waals surface area contributed by atoms with Crippen LogP contribution in [-0.2, 0) is 9.84 Å². The molecule has 0 atom stereocenters. The maximum absolute atomic E-state index is 13.2. The summed E-state index contributed by atoms with van der Waals surface area (Å²) in [5.41, 5.74) is 6.91. The van der Waals surface area contributed by atoms with E-state index in [4.69, 9.17) is 5.73 Å². The zero-order valence-electron chi connectivity index (χ0n) is 12.3. The normalized spacial score (nSPS) is 14.5. The van der Waals surface area contributed by atoms with Gasteiger partial charge in [0.25, 0.3) is 0 Å². The summed E-state index contributed by atoms with van der Waals surface area (Å²) in [5, 5.41) is 9.16. The molecule has 3 N–H and O–H groups in total. The van der Waals surface area contributed by atoms with Gasteiger partial charge in [0.2, 0.25) is 9.84 Å². The van der Waals surface area contributed by atoms with E-state index in [9.17, 15) is 8.42 Å². The van der Waals surface area contributed by atoms with Gasteiger partial charge in [-0.05, 0) is 41.5 Å². The summed E-state index contributed by atoms with van der Waals surface area (Å²) < 4.78 is 26.3. The summed E-state index contributed by atoms with van der Waals surface area (Å²) >= 11 is 0. The van der Waals surface area contributed by atoms with Crippen LogP contribution in [0.4, 0.5) is 5.69 Å². The van der Waals surface area contributed by atoms with Crippen LogP contribution in [0.3, 0.4) is 0 Å². The highest BCUT2D eigenvalue weighted by atomic mass is 32.2. The van der Waals surface area contributed by atoms with Crippen LogP contribution in [0.25, 0.3) is 21.9 Å². The second-order valence-corrected chi connectivity index (χ2v) is 7.49. The molecule has 3 aromatic rings. The fourth-order valence-corrected chi connectivity index (χ4v) is 4.76. The summed E-state index contributed by atoms with van der Waals surface area (Å²) in [7, 11) is -3.65. The lowest BCUT2D eigenvalue weighted by molar-refractivity contribution is 0.601.